The lowest BCUT2D eigenvalue weighted by Crippen LogP contribution is -2.48. The van der Waals surface area contributed by atoms with Crippen LogP contribution in [0, 0.1) is 23.2 Å². The van der Waals surface area contributed by atoms with Gasteiger partial charge in [-0.1, -0.05) is 41.9 Å². The average molecular weight is 462 g/mol. The standard InChI is InChI=1S/C27H28ClN3O2/c28-22-8-6-20(7-9-22)24(26-31-30-25(33-26)21-4-2-1-3-5-21)29-23(32)16-27-13-17-10-18(14-27)12-19(11-17)15-27/h1-9,17-19,24H,10-16H2,(H,29,32)/t17?,18?,19?,24-,27?/m1/s1. The Morgan fingerprint density at radius 2 is 1.61 bits per heavy atom. The van der Waals surface area contributed by atoms with Crippen molar-refractivity contribution in [3.05, 3.63) is 71.1 Å². The molecule has 2 aromatic carbocycles. The van der Waals surface area contributed by atoms with Crippen molar-refractivity contribution < 1.29 is 9.21 Å². The summed E-state index contributed by atoms with van der Waals surface area (Å²) in [5.41, 5.74) is 1.90. The second-order valence-corrected chi connectivity index (χ2v) is 10.9. The van der Waals surface area contributed by atoms with Crippen LogP contribution >= 0.6 is 11.6 Å². The third kappa shape index (κ3) is 4.19. The smallest absolute Gasteiger partial charge is 0.247 e. The van der Waals surface area contributed by atoms with E-state index in [2.05, 4.69) is 15.5 Å². The molecule has 33 heavy (non-hydrogen) atoms. The molecule has 4 aliphatic carbocycles. The highest BCUT2D eigenvalue weighted by Gasteiger charge is 2.51. The summed E-state index contributed by atoms with van der Waals surface area (Å²) in [6.45, 7) is 0. The normalized spacial score (nSPS) is 28.6. The zero-order valence-corrected chi connectivity index (χ0v) is 19.3. The maximum absolute atomic E-state index is 13.4. The Morgan fingerprint density at radius 1 is 0.970 bits per heavy atom. The van der Waals surface area contributed by atoms with E-state index in [9.17, 15) is 4.79 Å². The Kier molecular flexibility index (Phi) is 5.25. The predicted octanol–water partition coefficient (Wildman–Crippen LogP) is 6.20. The maximum Gasteiger partial charge on any atom is 0.247 e. The summed E-state index contributed by atoms with van der Waals surface area (Å²) < 4.78 is 6.04. The number of carbonyl (C=O) groups is 1. The van der Waals surface area contributed by atoms with E-state index in [0.717, 1.165) is 28.9 Å². The number of benzene rings is 2. The van der Waals surface area contributed by atoms with Gasteiger partial charge in [0.2, 0.25) is 17.7 Å². The van der Waals surface area contributed by atoms with E-state index in [4.69, 9.17) is 16.0 Å². The van der Waals surface area contributed by atoms with E-state index < -0.39 is 6.04 Å². The van der Waals surface area contributed by atoms with E-state index in [0.29, 0.717) is 23.2 Å². The van der Waals surface area contributed by atoms with Gasteiger partial charge in [-0.15, -0.1) is 10.2 Å². The van der Waals surface area contributed by atoms with Crippen molar-refractivity contribution >= 4 is 17.5 Å². The molecule has 1 N–H and O–H groups in total. The Balaban J connectivity index is 1.25. The summed E-state index contributed by atoms with van der Waals surface area (Å²) in [5, 5.41) is 12.4. The number of hydrogen-bond donors (Lipinski definition) is 1. The number of carbonyl (C=O) groups excluding carboxylic acids is 1. The minimum Gasteiger partial charge on any atom is -0.418 e. The number of rotatable bonds is 6. The summed E-state index contributed by atoms with van der Waals surface area (Å²) in [6.07, 6.45) is 8.32. The zero-order valence-electron chi connectivity index (χ0n) is 18.5. The minimum absolute atomic E-state index is 0.0661. The second-order valence-electron chi connectivity index (χ2n) is 10.5. The Bertz CT molecular complexity index is 1110. The molecule has 6 heteroatoms. The third-order valence-corrected chi connectivity index (χ3v) is 8.17. The molecule has 4 fully saturated rings. The molecule has 0 radical (unpaired) electrons. The molecule has 0 unspecified atom stereocenters. The molecule has 0 spiro atoms. The predicted molar refractivity (Wildman–Crippen MR) is 126 cm³/mol. The van der Waals surface area contributed by atoms with Gasteiger partial charge in [-0.3, -0.25) is 4.79 Å². The Labute approximate surface area is 198 Å². The van der Waals surface area contributed by atoms with Crippen LogP contribution in [-0.2, 0) is 4.79 Å². The SMILES string of the molecule is O=C(CC12CC3CC(CC(C3)C1)C2)N[C@H](c1ccc(Cl)cc1)c1nnc(-c2ccccc2)o1. The van der Waals surface area contributed by atoms with Gasteiger partial charge >= 0.3 is 0 Å². The number of hydrogen-bond acceptors (Lipinski definition) is 4. The van der Waals surface area contributed by atoms with E-state index in [1.807, 2.05) is 54.6 Å². The lowest BCUT2D eigenvalue weighted by Gasteiger charge is -2.56. The molecule has 4 bridgehead atoms. The first-order chi connectivity index (χ1) is 16.1. The highest BCUT2D eigenvalue weighted by molar-refractivity contribution is 6.30. The first kappa shape index (κ1) is 20.9. The first-order valence-electron chi connectivity index (χ1n) is 12.0. The van der Waals surface area contributed by atoms with Crippen LogP contribution in [-0.4, -0.2) is 16.1 Å². The molecule has 0 saturated heterocycles. The van der Waals surface area contributed by atoms with E-state index in [-0.39, 0.29) is 11.3 Å². The summed E-state index contributed by atoms with van der Waals surface area (Å²) >= 11 is 6.12. The lowest BCUT2D eigenvalue weighted by molar-refractivity contribution is -0.130. The average Bonchev–Trinajstić information content (AvgIpc) is 3.28. The van der Waals surface area contributed by atoms with Crippen molar-refractivity contribution in [3.8, 4) is 11.5 Å². The molecule has 4 saturated carbocycles. The highest BCUT2D eigenvalue weighted by Crippen LogP contribution is 2.61. The Hall–Kier alpha value is -2.66. The Morgan fingerprint density at radius 3 is 2.24 bits per heavy atom. The van der Waals surface area contributed by atoms with Gasteiger partial charge in [-0.25, -0.2) is 0 Å². The van der Waals surface area contributed by atoms with Crippen molar-refractivity contribution in [3.63, 3.8) is 0 Å². The zero-order chi connectivity index (χ0) is 22.4. The summed E-state index contributed by atoms with van der Waals surface area (Å²) in [5.74, 6) is 3.35. The summed E-state index contributed by atoms with van der Waals surface area (Å²) in [6, 6.07) is 16.6. The van der Waals surface area contributed by atoms with Gasteiger partial charge in [0.15, 0.2) is 0 Å². The molecule has 0 aliphatic heterocycles. The van der Waals surface area contributed by atoms with Crippen LogP contribution < -0.4 is 5.32 Å². The number of halogens is 1. The fourth-order valence-corrected chi connectivity index (χ4v) is 7.18. The number of amides is 1. The van der Waals surface area contributed by atoms with Crippen LogP contribution in [0.2, 0.25) is 5.02 Å². The van der Waals surface area contributed by atoms with Gasteiger partial charge in [-0.2, -0.15) is 0 Å². The fourth-order valence-electron chi connectivity index (χ4n) is 7.05. The van der Waals surface area contributed by atoms with Gasteiger partial charge in [-0.05, 0) is 91.5 Å². The van der Waals surface area contributed by atoms with Crippen LogP contribution in [0.3, 0.4) is 0 Å². The summed E-state index contributed by atoms with van der Waals surface area (Å²) in [4.78, 5) is 13.4. The van der Waals surface area contributed by atoms with Gasteiger partial charge < -0.3 is 9.73 Å². The lowest BCUT2D eigenvalue weighted by atomic mass is 9.49. The van der Waals surface area contributed by atoms with Crippen molar-refractivity contribution in [2.24, 2.45) is 23.2 Å². The van der Waals surface area contributed by atoms with Crippen LogP contribution in [0.5, 0.6) is 0 Å². The van der Waals surface area contributed by atoms with Crippen LogP contribution in [0.15, 0.2) is 59.0 Å². The van der Waals surface area contributed by atoms with Crippen molar-refractivity contribution in [1.29, 1.82) is 0 Å². The number of aromatic nitrogens is 2. The van der Waals surface area contributed by atoms with Gasteiger partial charge in [0.05, 0.1) is 0 Å². The summed E-state index contributed by atoms with van der Waals surface area (Å²) in [7, 11) is 0. The van der Waals surface area contributed by atoms with Crippen LogP contribution in [0.1, 0.15) is 62.4 Å². The molecule has 1 atom stereocenters. The molecule has 1 amide bonds. The van der Waals surface area contributed by atoms with Crippen molar-refractivity contribution in [2.45, 2.75) is 51.0 Å². The van der Waals surface area contributed by atoms with Gasteiger partial charge in [0.25, 0.3) is 0 Å². The highest BCUT2D eigenvalue weighted by atomic mass is 35.5. The first-order valence-corrected chi connectivity index (χ1v) is 12.4. The molecular formula is C27H28ClN3O2. The molecule has 5 nitrogen and oxygen atoms in total. The third-order valence-electron chi connectivity index (χ3n) is 7.92. The minimum atomic E-state index is -0.506. The van der Waals surface area contributed by atoms with Crippen LogP contribution in [0.4, 0.5) is 0 Å². The molecule has 7 rings (SSSR count). The van der Waals surface area contributed by atoms with Crippen molar-refractivity contribution in [2.75, 3.05) is 0 Å². The number of nitrogens with one attached hydrogen (secondary N) is 1. The second kappa shape index (κ2) is 8.28. The monoisotopic (exact) mass is 461 g/mol. The number of nitrogens with zero attached hydrogens (tertiary/aromatic N) is 2. The molecular weight excluding hydrogens is 434 g/mol. The largest absolute Gasteiger partial charge is 0.418 e. The maximum atomic E-state index is 13.4. The molecule has 1 aromatic heterocycles. The van der Waals surface area contributed by atoms with E-state index >= 15 is 0 Å². The molecule has 3 aromatic rings. The van der Waals surface area contributed by atoms with Crippen LogP contribution in [0.25, 0.3) is 11.5 Å². The fraction of sp³-hybridized carbons (Fsp3) is 0.444. The van der Waals surface area contributed by atoms with Gasteiger partial charge in [0.1, 0.15) is 6.04 Å². The van der Waals surface area contributed by atoms with E-state index in [1.54, 1.807) is 0 Å². The van der Waals surface area contributed by atoms with Gasteiger partial charge in [0, 0.05) is 17.0 Å². The van der Waals surface area contributed by atoms with E-state index in [1.165, 1.54) is 38.5 Å². The molecule has 170 valence electrons. The van der Waals surface area contributed by atoms with Crippen molar-refractivity contribution in [1.82, 2.24) is 15.5 Å². The molecule has 1 heterocycles. The molecule has 4 aliphatic rings. The quantitative estimate of drug-likeness (QED) is 0.474. The topological polar surface area (TPSA) is 68.0 Å².